The number of hydrogen-bond acceptors (Lipinski definition) is 3. The summed E-state index contributed by atoms with van der Waals surface area (Å²) in [5.41, 5.74) is 5.74. The summed E-state index contributed by atoms with van der Waals surface area (Å²) in [6.45, 7) is 0.716. The normalized spacial score (nSPS) is 10.7. The van der Waals surface area contributed by atoms with Crippen molar-refractivity contribution in [3.63, 3.8) is 0 Å². The van der Waals surface area contributed by atoms with Gasteiger partial charge >= 0.3 is 6.36 Å². The zero-order chi connectivity index (χ0) is 13.6. The van der Waals surface area contributed by atoms with Crippen LogP contribution < -0.4 is 15.8 Å². The SMILES string of the molecule is CNCCC#Cc1ccc(N)c(OC(F)(F)F)c1. The van der Waals surface area contributed by atoms with Gasteiger partial charge in [0.15, 0.2) is 5.75 Å². The van der Waals surface area contributed by atoms with Crippen LogP contribution in [-0.4, -0.2) is 20.0 Å². The fourth-order valence-corrected chi connectivity index (χ4v) is 1.18. The third-order valence-corrected chi connectivity index (χ3v) is 1.97. The largest absolute Gasteiger partial charge is 0.573 e. The van der Waals surface area contributed by atoms with Crippen molar-refractivity contribution in [2.24, 2.45) is 0 Å². The predicted molar refractivity (Wildman–Crippen MR) is 63.0 cm³/mol. The predicted octanol–water partition coefficient (Wildman–Crippen LogP) is 2.13. The average molecular weight is 258 g/mol. The van der Waals surface area contributed by atoms with Crippen LogP contribution >= 0.6 is 0 Å². The minimum Gasteiger partial charge on any atom is -0.404 e. The molecule has 0 saturated carbocycles. The van der Waals surface area contributed by atoms with Crippen LogP contribution in [0.3, 0.4) is 0 Å². The summed E-state index contributed by atoms with van der Waals surface area (Å²) in [4.78, 5) is 0. The Balaban J connectivity index is 2.82. The molecule has 0 spiro atoms. The first-order valence-corrected chi connectivity index (χ1v) is 5.21. The van der Waals surface area contributed by atoms with E-state index in [0.29, 0.717) is 18.5 Å². The lowest BCUT2D eigenvalue weighted by molar-refractivity contribution is -0.274. The molecule has 3 nitrogen and oxygen atoms in total. The van der Waals surface area contributed by atoms with E-state index in [1.807, 2.05) is 0 Å². The summed E-state index contributed by atoms with van der Waals surface area (Å²) in [6, 6.07) is 4.06. The molecular weight excluding hydrogens is 245 g/mol. The maximum absolute atomic E-state index is 12.1. The number of ether oxygens (including phenoxy) is 1. The second kappa shape index (κ2) is 6.17. The first-order valence-electron chi connectivity index (χ1n) is 5.21. The molecule has 1 aromatic carbocycles. The Morgan fingerprint density at radius 1 is 1.39 bits per heavy atom. The van der Waals surface area contributed by atoms with E-state index < -0.39 is 12.1 Å². The van der Waals surface area contributed by atoms with Crippen molar-refractivity contribution in [3.8, 4) is 17.6 Å². The van der Waals surface area contributed by atoms with Gasteiger partial charge in [-0.05, 0) is 25.2 Å². The van der Waals surface area contributed by atoms with Crippen molar-refractivity contribution >= 4 is 5.69 Å². The van der Waals surface area contributed by atoms with Crippen molar-refractivity contribution in [1.82, 2.24) is 5.32 Å². The molecule has 0 atom stereocenters. The topological polar surface area (TPSA) is 47.3 Å². The fraction of sp³-hybridized carbons (Fsp3) is 0.333. The fourth-order valence-electron chi connectivity index (χ4n) is 1.18. The van der Waals surface area contributed by atoms with Crippen molar-refractivity contribution < 1.29 is 17.9 Å². The van der Waals surface area contributed by atoms with E-state index in [1.165, 1.54) is 12.1 Å². The van der Waals surface area contributed by atoms with E-state index in [-0.39, 0.29) is 5.69 Å². The van der Waals surface area contributed by atoms with Gasteiger partial charge in [-0.15, -0.1) is 13.2 Å². The molecular formula is C12H13F3N2O. The number of anilines is 1. The zero-order valence-corrected chi connectivity index (χ0v) is 9.77. The summed E-state index contributed by atoms with van der Waals surface area (Å²) in [5.74, 6) is 5.13. The van der Waals surface area contributed by atoms with E-state index in [2.05, 4.69) is 21.9 Å². The van der Waals surface area contributed by atoms with Gasteiger partial charge in [0, 0.05) is 18.5 Å². The smallest absolute Gasteiger partial charge is 0.404 e. The van der Waals surface area contributed by atoms with Crippen LogP contribution in [0.1, 0.15) is 12.0 Å². The van der Waals surface area contributed by atoms with E-state index in [9.17, 15) is 13.2 Å². The molecule has 3 N–H and O–H groups in total. The highest BCUT2D eigenvalue weighted by Crippen LogP contribution is 2.28. The molecule has 1 aromatic rings. The standard InChI is InChI=1S/C12H13F3N2O/c1-17-7-3-2-4-9-5-6-10(16)11(8-9)18-12(13,14)15/h5-6,8,17H,3,7,16H2,1H3. The number of rotatable bonds is 3. The third-order valence-electron chi connectivity index (χ3n) is 1.97. The molecule has 0 aromatic heterocycles. The molecule has 98 valence electrons. The van der Waals surface area contributed by atoms with Gasteiger partial charge in [-0.3, -0.25) is 0 Å². The summed E-state index contributed by atoms with van der Waals surface area (Å²) >= 11 is 0. The molecule has 0 unspecified atom stereocenters. The van der Waals surface area contributed by atoms with E-state index in [4.69, 9.17) is 5.73 Å². The number of alkyl halides is 3. The molecule has 0 fully saturated rings. The van der Waals surface area contributed by atoms with Gasteiger partial charge in [0.05, 0.1) is 5.69 Å². The molecule has 1 rings (SSSR count). The quantitative estimate of drug-likeness (QED) is 0.496. The van der Waals surface area contributed by atoms with Crippen LogP contribution in [0.2, 0.25) is 0 Å². The maximum Gasteiger partial charge on any atom is 0.573 e. The first kappa shape index (κ1) is 14.2. The van der Waals surface area contributed by atoms with E-state index >= 15 is 0 Å². The van der Waals surface area contributed by atoms with Gasteiger partial charge in [0.2, 0.25) is 0 Å². The Labute approximate surface area is 103 Å². The van der Waals surface area contributed by atoms with Crippen LogP contribution in [0.15, 0.2) is 18.2 Å². The van der Waals surface area contributed by atoms with Crippen LogP contribution in [0.25, 0.3) is 0 Å². The third kappa shape index (κ3) is 4.97. The lowest BCUT2D eigenvalue weighted by Gasteiger charge is -2.10. The van der Waals surface area contributed by atoms with Gasteiger partial charge < -0.3 is 15.8 Å². The Bertz CT molecular complexity index is 461. The van der Waals surface area contributed by atoms with E-state index in [1.54, 1.807) is 13.1 Å². The number of nitrogens with one attached hydrogen (secondary N) is 1. The number of benzene rings is 1. The van der Waals surface area contributed by atoms with Crippen LogP contribution in [0.5, 0.6) is 5.75 Å². The highest BCUT2D eigenvalue weighted by Gasteiger charge is 2.31. The molecule has 0 saturated heterocycles. The summed E-state index contributed by atoms with van der Waals surface area (Å²) in [6.07, 6.45) is -4.15. The second-order valence-electron chi connectivity index (χ2n) is 3.46. The highest BCUT2D eigenvalue weighted by atomic mass is 19.4. The molecule has 0 bridgehead atoms. The Hall–Kier alpha value is -1.87. The van der Waals surface area contributed by atoms with E-state index in [0.717, 1.165) is 0 Å². The van der Waals surface area contributed by atoms with Crippen molar-refractivity contribution in [2.45, 2.75) is 12.8 Å². The molecule has 0 aliphatic rings. The average Bonchev–Trinajstić information content (AvgIpc) is 2.27. The first-order chi connectivity index (χ1) is 8.42. The maximum atomic E-state index is 12.1. The van der Waals surface area contributed by atoms with Gasteiger partial charge in [0.25, 0.3) is 0 Å². The van der Waals surface area contributed by atoms with Gasteiger partial charge in [-0.25, -0.2) is 0 Å². The number of nitrogens with two attached hydrogens (primary N) is 1. The summed E-state index contributed by atoms with van der Waals surface area (Å²) < 4.78 is 40.0. The number of hydrogen-bond donors (Lipinski definition) is 2. The van der Waals surface area contributed by atoms with Gasteiger partial charge in [-0.2, -0.15) is 0 Å². The summed E-state index contributed by atoms with van der Waals surface area (Å²) in [7, 11) is 1.79. The molecule has 0 radical (unpaired) electrons. The Kier molecular flexibility index (Phi) is 4.86. The molecule has 6 heteroatoms. The Morgan fingerprint density at radius 2 is 2.11 bits per heavy atom. The second-order valence-corrected chi connectivity index (χ2v) is 3.46. The van der Waals surface area contributed by atoms with Crippen LogP contribution in [0.4, 0.5) is 18.9 Å². The van der Waals surface area contributed by atoms with Crippen LogP contribution in [0, 0.1) is 11.8 Å². The monoisotopic (exact) mass is 258 g/mol. The van der Waals surface area contributed by atoms with Crippen molar-refractivity contribution in [3.05, 3.63) is 23.8 Å². The van der Waals surface area contributed by atoms with Gasteiger partial charge in [0.1, 0.15) is 0 Å². The van der Waals surface area contributed by atoms with Crippen LogP contribution in [-0.2, 0) is 0 Å². The molecule has 0 aliphatic carbocycles. The number of nitrogen functional groups attached to an aromatic ring is 1. The highest BCUT2D eigenvalue weighted by molar-refractivity contribution is 5.56. The minimum absolute atomic E-state index is 0.0758. The molecule has 0 aliphatic heterocycles. The Morgan fingerprint density at radius 3 is 2.72 bits per heavy atom. The lowest BCUT2D eigenvalue weighted by atomic mass is 10.2. The summed E-state index contributed by atoms with van der Waals surface area (Å²) in [5, 5.41) is 2.91. The zero-order valence-electron chi connectivity index (χ0n) is 9.77. The minimum atomic E-state index is -4.76. The van der Waals surface area contributed by atoms with Crippen molar-refractivity contribution in [1.29, 1.82) is 0 Å². The van der Waals surface area contributed by atoms with Crippen molar-refractivity contribution in [2.75, 3.05) is 19.3 Å². The lowest BCUT2D eigenvalue weighted by Crippen LogP contribution is -2.18. The molecule has 0 amide bonds. The number of halogens is 3. The molecule has 18 heavy (non-hydrogen) atoms. The van der Waals surface area contributed by atoms with Gasteiger partial charge in [-0.1, -0.05) is 11.8 Å². The molecule has 0 heterocycles.